The van der Waals surface area contributed by atoms with Crippen LogP contribution in [0.1, 0.15) is 41.5 Å². The Morgan fingerprint density at radius 1 is 0.971 bits per heavy atom. The highest BCUT2D eigenvalue weighted by Gasteiger charge is 2.28. The van der Waals surface area contributed by atoms with E-state index < -0.39 is 0 Å². The number of benzene rings is 3. The van der Waals surface area contributed by atoms with Gasteiger partial charge in [-0.05, 0) is 49.5 Å². The van der Waals surface area contributed by atoms with Crippen molar-refractivity contribution in [1.82, 2.24) is 20.4 Å². The molecule has 1 aliphatic rings. The predicted octanol–water partition coefficient (Wildman–Crippen LogP) is 5.16. The van der Waals surface area contributed by atoms with Crippen molar-refractivity contribution < 1.29 is 9.32 Å². The molecule has 3 aromatic carbocycles. The molecule has 0 bridgehead atoms. The van der Waals surface area contributed by atoms with E-state index in [-0.39, 0.29) is 17.9 Å². The number of rotatable bonds is 7. The molecule has 2 heterocycles. The Balaban J connectivity index is 1.20. The molecule has 1 unspecified atom stereocenters. The lowest BCUT2D eigenvalue weighted by atomic mass is 9.92. The number of nitrogens with one attached hydrogen (secondary N) is 1. The number of carbonyl (C=O) groups is 1. The summed E-state index contributed by atoms with van der Waals surface area (Å²) in [6, 6.07) is 28.1. The molecule has 0 aliphatic carbocycles. The van der Waals surface area contributed by atoms with Gasteiger partial charge in [0, 0.05) is 11.5 Å². The van der Waals surface area contributed by atoms with E-state index in [2.05, 4.69) is 51.5 Å². The molecule has 6 nitrogen and oxygen atoms in total. The molecule has 1 fully saturated rings. The fraction of sp³-hybridized carbons (Fsp3) is 0.276. The van der Waals surface area contributed by atoms with Gasteiger partial charge in [-0.25, -0.2) is 0 Å². The third-order valence-electron chi connectivity index (χ3n) is 6.74. The highest BCUT2D eigenvalue weighted by Crippen LogP contribution is 2.27. The lowest BCUT2D eigenvalue weighted by Crippen LogP contribution is -2.41. The Kier molecular flexibility index (Phi) is 7.00. The number of piperidine rings is 1. The maximum atomic E-state index is 13.3. The highest BCUT2D eigenvalue weighted by atomic mass is 16.5. The fourth-order valence-corrected chi connectivity index (χ4v) is 4.73. The zero-order valence-corrected chi connectivity index (χ0v) is 19.9. The van der Waals surface area contributed by atoms with E-state index in [9.17, 15) is 4.79 Å². The van der Waals surface area contributed by atoms with Gasteiger partial charge in [-0.1, -0.05) is 90.1 Å². The number of aryl methyl sites for hydroxylation is 1. The maximum absolute atomic E-state index is 13.3. The molecule has 1 N–H and O–H groups in total. The standard InChI is InChI=1S/C29H30N4O2/c1-21-10-8-9-15-25(21)27(22-11-4-2-5-12-22)31-29(34)24-16-18-33(19-17-24)20-26-30-28(32-35-26)23-13-6-3-7-14-23/h2-15,24,27H,16-20H2,1H3,(H,31,34). The van der Waals surface area contributed by atoms with Crippen molar-refractivity contribution in [3.05, 3.63) is 108 Å². The minimum Gasteiger partial charge on any atom is -0.345 e. The van der Waals surface area contributed by atoms with Crippen LogP contribution in [0.25, 0.3) is 11.4 Å². The van der Waals surface area contributed by atoms with Crippen molar-refractivity contribution in [2.45, 2.75) is 32.4 Å². The molecule has 1 saturated heterocycles. The number of nitrogens with zero attached hydrogens (tertiary/aromatic N) is 3. The summed E-state index contributed by atoms with van der Waals surface area (Å²) in [6.45, 7) is 4.34. The van der Waals surface area contributed by atoms with Crippen LogP contribution in [0.3, 0.4) is 0 Å². The Hall–Kier alpha value is -3.77. The molecule has 1 aromatic heterocycles. The summed E-state index contributed by atoms with van der Waals surface area (Å²) in [5.74, 6) is 1.32. The van der Waals surface area contributed by atoms with Crippen LogP contribution >= 0.6 is 0 Å². The number of amides is 1. The van der Waals surface area contributed by atoms with E-state index in [0.717, 1.165) is 42.6 Å². The van der Waals surface area contributed by atoms with Gasteiger partial charge in [0.05, 0.1) is 12.6 Å². The van der Waals surface area contributed by atoms with Crippen LogP contribution in [-0.2, 0) is 11.3 Å². The van der Waals surface area contributed by atoms with E-state index >= 15 is 0 Å². The van der Waals surface area contributed by atoms with Gasteiger partial charge in [-0.3, -0.25) is 9.69 Å². The maximum Gasteiger partial charge on any atom is 0.241 e. The van der Waals surface area contributed by atoms with Gasteiger partial charge in [0.2, 0.25) is 17.6 Å². The van der Waals surface area contributed by atoms with Crippen molar-refractivity contribution in [3.8, 4) is 11.4 Å². The predicted molar refractivity (Wildman–Crippen MR) is 135 cm³/mol. The smallest absolute Gasteiger partial charge is 0.241 e. The minimum absolute atomic E-state index is 0.0101. The van der Waals surface area contributed by atoms with Crippen molar-refractivity contribution in [1.29, 1.82) is 0 Å². The van der Waals surface area contributed by atoms with Crippen molar-refractivity contribution in [3.63, 3.8) is 0 Å². The first-order chi connectivity index (χ1) is 17.2. The Bertz CT molecular complexity index is 1250. The number of hydrogen-bond acceptors (Lipinski definition) is 5. The molecule has 178 valence electrons. The molecule has 35 heavy (non-hydrogen) atoms. The van der Waals surface area contributed by atoms with Crippen molar-refractivity contribution >= 4 is 5.91 Å². The van der Waals surface area contributed by atoms with Crippen LogP contribution in [0.5, 0.6) is 0 Å². The van der Waals surface area contributed by atoms with Crippen LogP contribution in [-0.4, -0.2) is 34.0 Å². The Labute approximate surface area is 206 Å². The van der Waals surface area contributed by atoms with Gasteiger partial charge in [0.15, 0.2) is 0 Å². The van der Waals surface area contributed by atoms with E-state index in [0.29, 0.717) is 18.3 Å². The van der Waals surface area contributed by atoms with Gasteiger partial charge < -0.3 is 9.84 Å². The second-order valence-corrected chi connectivity index (χ2v) is 9.14. The molecular weight excluding hydrogens is 436 g/mol. The van der Waals surface area contributed by atoms with E-state index in [1.54, 1.807) is 0 Å². The molecule has 5 rings (SSSR count). The first-order valence-corrected chi connectivity index (χ1v) is 12.2. The molecule has 1 atom stereocenters. The van der Waals surface area contributed by atoms with E-state index in [1.807, 2.05) is 60.7 Å². The quantitative estimate of drug-likeness (QED) is 0.407. The zero-order chi connectivity index (χ0) is 24.0. The normalized spacial score (nSPS) is 15.6. The zero-order valence-electron chi connectivity index (χ0n) is 19.9. The number of aromatic nitrogens is 2. The summed E-state index contributed by atoms with van der Waals surface area (Å²) < 4.78 is 5.48. The van der Waals surface area contributed by atoms with E-state index in [4.69, 9.17) is 4.52 Å². The average Bonchev–Trinajstić information content (AvgIpc) is 3.38. The third kappa shape index (κ3) is 5.49. The molecule has 1 aliphatic heterocycles. The fourth-order valence-electron chi connectivity index (χ4n) is 4.73. The first-order valence-electron chi connectivity index (χ1n) is 12.2. The lowest BCUT2D eigenvalue weighted by molar-refractivity contribution is -0.127. The molecule has 1 amide bonds. The van der Waals surface area contributed by atoms with Crippen LogP contribution in [0.2, 0.25) is 0 Å². The minimum atomic E-state index is -0.155. The summed E-state index contributed by atoms with van der Waals surface area (Å²) in [5, 5.41) is 7.46. The van der Waals surface area contributed by atoms with Crippen LogP contribution < -0.4 is 5.32 Å². The summed E-state index contributed by atoms with van der Waals surface area (Å²) in [7, 11) is 0. The van der Waals surface area contributed by atoms with Crippen molar-refractivity contribution in [2.75, 3.05) is 13.1 Å². The highest BCUT2D eigenvalue weighted by molar-refractivity contribution is 5.79. The van der Waals surface area contributed by atoms with E-state index in [1.165, 1.54) is 5.56 Å². The summed E-state index contributed by atoms with van der Waals surface area (Å²) in [5.41, 5.74) is 4.35. The van der Waals surface area contributed by atoms with Crippen LogP contribution in [0, 0.1) is 12.8 Å². The second-order valence-electron chi connectivity index (χ2n) is 9.14. The average molecular weight is 467 g/mol. The molecule has 6 heteroatoms. The van der Waals surface area contributed by atoms with Crippen molar-refractivity contribution in [2.24, 2.45) is 5.92 Å². The topological polar surface area (TPSA) is 71.3 Å². The second kappa shape index (κ2) is 10.7. The molecule has 4 aromatic rings. The summed E-state index contributed by atoms with van der Waals surface area (Å²) >= 11 is 0. The molecule has 0 spiro atoms. The molecular formula is C29H30N4O2. The van der Waals surface area contributed by atoms with Crippen LogP contribution in [0.4, 0.5) is 0 Å². The Morgan fingerprint density at radius 3 is 2.34 bits per heavy atom. The molecule has 0 saturated carbocycles. The number of hydrogen-bond donors (Lipinski definition) is 1. The first kappa shape index (κ1) is 23.0. The Morgan fingerprint density at radius 2 is 1.63 bits per heavy atom. The lowest BCUT2D eigenvalue weighted by Gasteiger charge is -2.31. The van der Waals surface area contributed by atoms with Gasteiger partial charge in [-0.2, -0.15) is 4.98 Å². The largest absolute Gasteiger partial charge is 0.345 e. The molecule has 0 radical (unpaired) electrons. The summed E-state index contributed by atoms with van der Waals surface area (Å²) in [4.78, 5) is 20.1. The van der Waals surface area contributed by atoms with Gasteiger partial charge in [-0.15, -0.1) is 0 Å². The monoisotopic (exact) mass is 466 g/mol. The van der Waals surface area contributed by atoms with Gasteiger partial charge >= 0.3 is 0 Å². The summed E-state index contributed by atoms with van der Waals surface area (Å²) in [6.07, 6.45) is 1.61. The third-order valence-corrected chi connectivity index (χ3v) is 6.74. The number of carbonyl (C=O) groups excluding carboxylic acids is 1. The van der Waals surface area contributed by atoms with Crippen LogP contribution in [0.15, 0.2) is 89.5 Å². The van der Waals surface area contributed by atoms with Gasteiger partial charge in [0.25, 0.3) is 0 Å². The number of likely N-dealkylation sites (tertiary alicyclic amines) is 1. The SMILES string of the molecule is Cc1ccccc1C(NC(=O)C1CCN(Cc2nc(-c3ccccc3)no2)CC1)c1ccccc1. The van der Waals surface area contributed by atoms with Gasteiger partial charge in [0.1, 0.15) is 0 Å².